The molecule has 1 heterocycles. The van der Waals surface area contributed by atoms with Gasteiger partial charge in [0.05, 0.1) is 12.1 Å². The lowest BCUT2D eigenvalue weighted by atomic mass is 9.87. The highest BCUT2D eigenvalue weighted by atomic mass is 16.3. The third-order valence-electron chi connectivity index (χ3n) is 9.54. The Hall–Kier alpha value is -2.88. The molecule has 40 heavy (non-hydrogen) atoms. The van der Waals surface area contributed by atoms with Crippen LogP contribution in [0.4, 0.5) is 0 Å². The van der Waals surface area contributed by atoms with Crippen molar-refractivity contribution < 1.29 is 10.2 Å². The van der Waals surface area contributed by atoms with E-state index in [1.54, 1.807) is 0 Å². The lowest BCUT2D eigenvalue weighted by molar-refractivity contribution is -0.0421. The SMILES string of the molecule is N#CN=C1N(CC2CCCCC2)[C@H](Cc2ccccc2)[C@H](O)[C@@H](O)[C@@H](Cc2ccccc2)N1CC1CCCCC1. The molecule has 0 radical (unpaired) electrons. The molecule has 2 aliphatic carbocycles. The minimum Gasteiger partial charge on any atom is -0.388 e. The average Bonchev–Trinajstić information content (AvgIpc) is 3.06. The lowest BCUT2D eigenvalue weighted by Crippen LogP contribution is -2.54. The molecule has 1 aliphatic heterocycles. The fourth-order valence-electron chi connectivity index (χ4n) is 7.36. The van der Waals surface area contributed by atoms with E-state index in [0.29, 0.717) is 30.6 Å². The zero-order valence-corrected chi connectivity index (χ0v) is 23.8. The van der Waals surface area contributed by atoms with Gasteiger partial charge in [0.2, 0.25) is 12.2 Å². The summed E-state index contributed by atoms with van der Waals surface area (Å²) in [6.07, 6.45) is 13.4. The Morgan fingerprint density at radius 3 is 1.43 bits per heavy atom. The first-order chi connectivity index (χ1) is 19.6. The highest BCUT2D eigenvalue weighted by Gasteiger charge is 2.46. The van der Waals surface area contributed by atoms with Crippen LogP contribution in [0.5, 0.6) is 0 Å². The van der Waals surface area contributed by atoms with Crippen LogP contribution in [0.15, 0.2) is 65.7 Å². The monoisotopic (exact) mass is 542 g/mol. The van der Waals surface area contributed by atoms with Crippen molar-refractivity contribution in [3.63, 3.8) is 0 Å². The molecule has 2 N–H and O–H groups in total. The van der Waals surface area contributed by atoms with E-state index >= 15 is 0 Å². The summed E-state index contributed by atoms with van der Waals surface area (Å²) in [5.74, 6) is 1.63. The maximum atomic E-state index is 12.0. The van der Waals surface area contributed by atoms with Crippen LogP contribution in [0.2, 0.25) is 0 Å². The van der Waals surface area contributed by atoms with E-state index in [2.05, 4.69) is 45.3 Å². The van der Waals surface area contributed by atoms with Gasteiger partial charge in [0, 0.05) is 13.1 Å². The Kier molecular flexibility index (Phi) is 10.1. The van der Waals surface area contributed by atoms with Crippen molar-refractivity contribution in [2.24, 2.45) is 16.8 Å². The van der Waals surface area contributed by atoms with Crippen molar-refractivity contribution in [2.45, 2.75) is 101 Å². The van der Waals surface area contributed by atoms with E-state index in [1.807, 2.05) is 36.4 Å². The van der Waals surface area contributed by atoms with Crippen LogP contribution in [0.1, 0.15) is 75.3 Å². The maximum Gasteiger partial charge on any atom is 0.213 e. The molecule has 6 heteroatoms. The summed E-state index contributed by atoms with van der Waals surface area (Å²) >= 11 is 0. The zero-order valence-electron chi connectivity index (χ0n) is 23.8. The second kappa shape index (κ2) is 14.1. The zero-order chi connectivity index (χ0) is 27.7. The van der Waals surface area contributed by atoms with Crippen LogP contribution in [0.25, 0.3) is 0 Å². The number of nitriles is 1. The Balaban J connectivity index is 1.57. The predicted octanol–water partition coefficient (Wildman–Crippen LogP) is 5.55. The smallest absolute Gasteiger partial charge is 0.213 e. The topological polar surface area (TPSA) is 83.1 Å². The van der Waals surface area contributed by atoms with E-state index in [0.717, 1.165) is 49.9 Å². The Morgan fingerprint density at radius 2 is 1.05 bits per heavy atom. The van der Waals surface area contributed by atoms with Gasteiger partial charge >= 0.3 is 0 Å². The van der Waals surface area contributed by atoms with E-state index < -0.39 is 12.2 Å². The summed E-state index contributed by atoms with van der Waals surface area (Å²) in [7, 11) is 0. The minimum atomic E-state index is -0.974. The second-order valence-electron chi connectivity index (χ2n) is 12.3. The molecule has 2 saturated carbocycles. The number of rotatable bonds is 8. The molecule has 0 bridgehead atoms. The van der Waals surface area contributed by atoms with Gasteiger partial charge in [-0.25, -0.2) is 0 Å². The van der Waals surface area contributed by atoms with Gasteiger partial charge in [-0.1, -0.05) is 99.2 Å². The molecule has 4 atom stereocenters. The third kappa shape index (κ3) is 7.06. The van der Waals surface area contributed by atoms with Gasteiger partial charge in [0.25, 0.3) is 0 Å². The van der Waals surface area contributed by atoms with Gasteiger partial charge in [0.1, 0.15) is 12.2 Å². The average molecular weight is 543 g/mol. The first kappa shape index (κ1) is 28.6. The van der Waals surface area contributed by atoms with Gasteiger partial charge in [-0.2, -0.15) is 5.26 Å². The first-order valence-corrected chi connectivity index (χ1v) is 15.6. The highest BCUT2D eigenvalue weighted by molar-refractivity contribution is 5.82. The van der Waals surface area contributed by atoms with Crippen molar-refractivity contribution in [3.8, 4) is 6.19 Å². The molecule has 3 aliphatic rings. The summed E-state index contributed by atoms with van der Waals surface area (Å²) in [6, 6.07) is 19.7. The summed E-state index contributed by atoms with van der Waals surface area (Å²) < 4.78 is 0. The van der Waals surface area contributed by atoms with Gasteiger partial charge in [-0.3, -0.25) is 0 Å². The summed E-state index contributed by atoms with van der Waals surface area (Å²) in [4.78, 5) is 9.00. The number of hydrogen-bond acceptors (Lipinski definition) is 4. The minimum absolute atomic E-state index is 0.374. The van der Waals surface area contributed by atoms with Crippen molar-refractivity contribution in [1.82, 2.24) is 9.80 Å². The lowest BCUT2D eigenvalue weighted by Gasteiger charge is -2.42. The molecule has 0 amide bonds. The molecule has 0 aromatic heterocycles. The number of hydrogen-bond donors (Lipinski definition) is 2. The summed E-state index contributed by atoms with van der Waals surface area (Å²) in [6.45, 7) is 1.50. The predicted molar refractivity (Wildman–Crippen MR) is 159 cm³/mol. The van der Waals surface area contributed by atoms with E-state index in [-0.39, 0.29) is 12.1 Å². The number of guanidine groups is 1. The largest absolute Gasteiger partial charge is 0.388 e. The molecule has 5 rings (SSSR count). The molecule has 6 nitrogen and oxygen atoms in total. The molecule has 214 valence electrons. The summed E-state index contributed by atoms with van der Waals surface area (Å²) in [5.41, 5.74) is 2.23. The third-order valence-corrected chi connectivity index (χ3v) is 9.54. The van der Waals surface area contributed by atoms with Gasteiger partial charge in [0.15, 0.2) is 0 Å². The van der Waals surface area contributed by atoms with E-state index in [4.69, 9.17) is 0 Å². The Labute approximate surface area is 240 Å². The Bertz CT molecular complexity index is 1030. The number of aliphatic hydroxyl groups excluding tert-OH is 2. The van der Waals surface area contributed by atoms with Crippen LogP contribution in [0.3, 0.4) is 0 Å². The number of nitrogens with zero attached hydrogens (tertiary/aromatic N) is 4. The molecule has 0 spiro atoms. The second-order valence-corrected chi connectivity index (χ2v) is 12.3. The number of benzene rings is 2. The molecular formula is C34H46N4O2. The van der Waals surface area contributed by atoms with Crippen LogP contribution >= 0.6 is 0 Å². The molecular weight excluding hydrogens is 496 g/mol. The molecule has 3 fully saturated rings. The van der Waals surface area contributed by atoms with Crippen LogP contribution in [-0.4, -0.2) is 63.4 Å². The van der Waals surface area contributed by atoms with Gasteiger partial charge < -0.3 is 20.0 Å². The number of aliphatic hydroxyl groups is 2. The standard InChI is InChI=1S/C34H46N4O2/c35-25-36-34-37(23-28-17-9-3-10-18-28)30(21-26-13-5-1-6-14-26)32(39)33(40)31(22-27-15-7-2-8-16-27)38(34)24-29-19-11-4-12-20-29/h1-2,5-8,13-16,28-33,39-40H,3-4,9-12,17-24H2/t30-,31-,32+,33+/m1/s1. The van der Waals surface area contributed by atoms with Crippen molar-refractivity contribution >= 4 is 5.96 Å². The van der Waals surface area contributed by atoms with Crippen LogP contribution < -0.4 is 0 Å². The maximum absolute atomic E-state index is 12.0. The molecule has 2 aromatic rings. The van der Waals surface area contributed by atoms with Crippen molar-refractivity contribution in [2.75, 3.05) is 13.1 Å². The van der Waals surface area contributed by atoms with E-state index in [9.17, 15) is 15.5 Å². The highest BCUT2D eigenvalue weighted by Crippen LogP contribution is 2.33. The van der Waals surface area contributed by atoms with Gasteiger partial charge in [-0.05, 0) is 61.5 Å². The van der Waals surface area contributed by atoms with E-state index in [1.165, 1.54) is 38.5 Å². The normalized spacial score (nSPS) is 26.8. The summed E-state index contributed by atoms with van der Waals surface area (Å²) in [5, 5.41) is 34.0. The van der Waals surface area contributed by atoms with Crippen molar-refractivity contribution in [3.05, 3.63) is 71.8 Å². The fraction of sp³-hybridized carbons (Fsp3) is 0.588. The quantitative estimate of drug-likeness (QED) is 0.428. The molecule has 2 aromatic carbocycles. The van der Waals surface area contributed by atoms with Crippen LogP contribution in [-0.2, 0) is 12.8 Å². The van der Waals surface area contributed by atoms with Crippen LogP contribution in [0, 0.1) is 23.3 Å². The van der Waals surface area contributed by atoms with Gasteiger partial charge in [-0.15, -0.1) is 4.99 Å². The molecule has 0 unspecified atom stereocenters. The molecule has 1 saturated heterocycles. The fourth-order valence-corrected chi connectivity index (χ4v) is 7.36. The number of aliphatic imine (C=N–C) groups is 1. The first-order valence-electron chi connectivity index (χ1n) is 15.6. The van der Waals surface area contributed by atoms with Crippen molar-refractivity contribution in [1.29, 1.82) is 5.26 Å². The Morgan fingerprint density at radius 1 is 0.650 bits per heavy atom.